The Morgan fingerprint density at radius 1 is 0.667 bits per heavy atom. The molecule has 0 radical (unpaired) electrons. The fourth-order valence-corrected chi connectivity index (χ4v) is 3.84. The number of ketones is 2. The van der Waals surface area contributed by atoms with Crippen LogP contribution in [-0.2, 0) is 0 Å². The molecule has 1 aliphatic heterocycles. The summed E-state index contributed by atoms with van der Waals surface area (Å²) < 4.78 is 10.3. The monoisotopic (exact) mass is 410 g/mol. The first-order valence-corrected chi connectivity index (χ1v) is 10.3. The molecule has 0 aliphatic carbocycles. The van der Waals surface area contributed by atoms with Crippen LogP contribution in [0.25, 0.3) is 0 Å². The Labute approximate surface area is 178 Å². The van der Waals surface area contributed by atoms with Gasteiger partial charge in [-0.15, -0.1) is 0 Å². The zero-order valence-corrected chi connectivity index (χ0v) is 18.1. The fraction of sp³-hybridized carbons (Fsp3) is 0.417. The summed E-state index contributed by atoms with van der Waals surface area (Å²) >= 11 is 0. The number of methoxy groups -OCH3 is 2. The third-order valence-corrected chi connectivity index (χ3v) is 5.95. The second-order valence-electron chi connectivity index (χ2n) is 7.61. The van der Waals surface area contributed by atoms with Crippen LogP contribution in [0.1, 0.15) is 34.6 Å². The summed E-state index contributed by atoms with van der Waals surface area (Å²) in [4.78, 5) is 30.1. The van der Waals surface area contributed by atoms with Crippen LogP contribution in [0.5, 0.6) is 11.5 Å². The molecule has 2 aromatic carbocycles. The van der Waals surface area contributed by atoms with Crippen LogP contribution in [-0.4, -0.2) is 73.8 Å². The van der Waals surface area contributed by atoms with Gasteiger partial charge in [-0.3, -0.25) is 19.4 Å². The summed E-state index contributed by atoms with van der Waals surface area (Å²) in [6.07, 6.45) is 0. The van der Waals surface area contributed by atoms with Crippen molar-refractivity contribution in [2.45, 2.75) is 25.9 Å². The molecule has 0 spiro atoms. The van der Waals surface area contributed by atoms with Gasteiger partial charge in [-0.05, 0) is 62.4 Å². The van der Waals surface area contributed by atoms with Gasteiger partial charge in [-0.1, -0.05) is 0 Å². The molecule has 1 fully saturated rings. The van der Waals surface area contributed by atoms with E-state index < -0.39 is 0 Å². The number of hydrogen-bond donors (Lipinski definition) is 0. The van der Waals surface area contributed by atoms with Gasteiger partial charge in [0, 0.05) is 37.3 Å². The van der Waals surface area contributed by atoms with Crippen molar-refractivity contribution in [3.8, 4) is 11.5 Å². The molecule has 6 heteroatoms. The molecule has 2 aromatic rings. The van der Waals surface area contributed by atoms with Gasteiger partial charge in [0.05, 0.1) is 26.3 Å². The lowest BCUT2D eigenvalue weighted by Gasteiger charge is -2.39. The molecular formula is C24H30N2O4. The molecule has 2 unspecified atom stereocenters. The molecule has 0 saturated carbocycles. The van der Waals surface area contributed by atoms with E-state index in [1.165, 1.54) is 0 Å². The van der Waals surface area contributed by atoms with Gasteiger partial charge in [0.1, 0.15) is 11.5 Å². The maximum Gasteiger partial charge on any atom is 0.179 e. The number of Topliss-reactive ketones (excluding diaryl/α,β-unsaturated/α-hetero) is 2. The van der Waals surface area contributed by atoms with E-state index in [4.69, 9.17) is 9.47 Å². The van der Waals surface area contributed by atoms with Crippen molar-refractivity contribution < 1.29 is 19.1 Å². The van der Waals surface area contributed by atoms with E-state index in [1.54, 1.807) is 14.2 Å². The maximum atomic E-state index is 12.8. The Balaban J connectivity index is 1.56. The van der Waals surface area contributed by atoms with Crippen LogP contribution < -0.4 is 9.47 Å². The van der Waals surface area contributed by atoms with Gasteiger partial charge in [0.25, 0.3) is 0 Å². The molecule has 0 bridgehead atoms. The Morgan fingerprint density at radius 3 is 1.23 bits per heavy atom. The van der Waals surface area contributed by atoms with Crippen molar-refractivity contribution >= 4 is 11.6 Å². The first-order valence-electron chi connectivity index (χ1n) is 10.3. The second-order valence-corrected chi connectivity index (χ2v) is 7.61. The zero-order chi connectivity index (χ0) is 21.7. The molecule has 0 aromatic heterocycles. The van der Waals surface area contributed by atoms with Crippen molar-refractivity contribution in [1.29, 1.82) is 0 Å². The lowest BCUT2D eigenvalue weighted by atomic mass is 10.0. The van der Waals surface area contributed by atoms with Gasteiger partial charge in [0.15, 0.2) is 11.6 Å². The van der Waals surface area contributed by atoms with Crippen LogP contribution in [0.3, 0.4) is 0 Å². The van der Waals surface area contributed by atoms with Crippen LogP contribution >= 0.6 is 0 Å². The van der Waals surface area contributed by atoms with E-state index in [0.717, 1.165) is 37.7 Å². The minimum atomic E-state index is -0.201. The Kier molecular flexibility index (Phi) is 7.24. The lowest BCUT2D eigenvalue weighted by Crippen LogP contribution is -2.55. The van der Waals surface area contributed by atoms with Crippen LogP contribution in [0.15, 0.2) is 48.5 Å². The van der Waals surface area contributed by atoms with Crippen molar-refractivity contribution in [1.82, 2.24) is 9.80 Å². The average molecular weight is 411 g/mol. The highest BCUT2D eigenvalue weighted by Crippen LogP contribution is 2.19. The van der Waals surface area contributed by atoms with Gasteiger partial charge in [-0.2, -0.15) is 0 Å². The van der Waals surface area contributed by atoms with E-state index in [0.29, 0.717) is 11.1 Å². The quantitative estimate of drug-likeness (QED) is 0.623. The van der Waals surface area contributed by atoms with E-state index in [2.05, 4.69) is 9.80 Å². The summed E-state index contributed by atoms with van der Waals surface area (Å²) in [5.74, 6) is 1.69. The molecule has 30 heavy (non-hydrogen) atoms. The molecule has 2 atom stereocenters. The minimum absolute atomic E-state index is 0.105. The van der Waals surface area contributed by atoms with Gasteiger partial charge >= 0.3 is 0 Å². The molecule has 1 aliphatic rings. The molecule has 0 N–H and O–H groups in total. The van der Waals surface area contributed by atoms with E-state index >= 15 is 0 Å². The number of carbonyl (C=O) groups excluding carboxylic acids is 2. The summed E-state index contributed by atoms with van der Waals surface area (Å²) in [6.45, 7) is 6.92. The smallest absolute Gasteiger partial charge is 0.179 e. The maximum absolute atomic E-state index is 12.8. The number of rotatable bonds is 8. The van der Waals surface area contributed by atoms with Gasteiger partial charge < -0.3 is 9.47 Å². The summed E-state index contributed by atoms with van der Waals surface area (Å²) in [7, 11) is 3.22. The summed E-state index contributed by atoms with van der Waals surface area (Å²) in [5, 5.41) is 0. The average Bonchev–Trinajstić information content (AvgIpc) is 2.82. The predicted molar refractivity (Wildman–Crippen MR) is 117 cm³/mol. The Hall–Kier alpha value is -2.70. The normalized spacial score (nSPS) is 17.2. The van der Waals surface area contributed by atoms with Gasteiger partial charge in [0.2, 0.25) is 0 Å². The van der Waals surface area contributed by atoms with Crippen LogP contribution in [0.2, 0.25) is 0 Å². The lowest BCUT2D eigenvalue weighted by molar-refractivity contribution is 0.0553. The van der Waals surface area contributed by atoms with Crippen molar-refractivity contribution in [3.05, 3.63) is 59.7 Å². The van der Waals surface area contributed by atoms with E-state index in [1.807, 2.05) is 62.4 Å². The number of carbonyl (C=O) groups is 2. The van der Waals surface area contributed by atoms with Crippen molar-refractivity contribution in [3.63, 3.8) is 0 Å². The third kappa shape index (κ3) is 4.89. The molecule has 0 amide bonds. The Bertz CT molecular complexity index is 782. The minimum Gasteiger partial charge on any atom is -0.497 e. The number of ether oxygens (including phenoxy) is 2. The van der Waals surface area contributed by atoms with Crippen LogP contribution in [0.4, 0.5) is 0 Å². The summed E-state index contributed by atoms with van der Waals surface area (Å²) in [5.41, 5.74) is 1.38. The number of benzene rings is 2. The Morgan fingerprint density at radius 2 is 0.967 bits per heavy atom. The molecule has 3 rings (SSSR count). The summed E-state index contributed by atoms with van der Waals surface area (Å²) in [6, 6.07) is 14.1. The van der Waals surface area contributed by atoms with Crippen LogP contribution in [0, 0.1) is 0 Å². The molecular weight excluding hydrogens is 380 g/mol. The first kappa shape index (κ1) is 22.0. The highest BCUT2D eigenvalue weighted by Gasteiger charge is 2.30. The molecule has 6 nitrogen and oxygen atoms in total. The standard InChI is InChI=1S/C24H30N2O4/c1-17(23(27)19-5-9-21(29-3)10-6-19)25-13-15-26(16-14-25)18(2)24(28)20-7-11-22(30-4)12-8-20/h5-12,17-18H,13-16H2,1-4H3. The number of piperazine rings is 1. The topological polar surface area (TPSA) is 59.1 Å². The molecule has 1 heterocycles. The second kappa shape index (κ2) is 9.87. The zero-order valence-electron chi connectivity index (χ0n) is 18.1. The van der Waals surface area contributed by atoms with Crippen molar-refractivity contribution in [2.75, 3.05) is 40.4 Å². The third-order valence-electron chi connectivity index (χ3n) is 5.95. The number of hydrogen-bond acceptors (Lipinski definition) is 6. The highest BCUT2D eigenvalue weighted by atomic mass is 16.5. The number of nitrogens with zero attached hydrogens (tertiary/aromatic N) is 2. The fourth-order valence-electron chi connectivity index (χ4n) is 3.84. The molecule has 160 valence electrons. The highest BCUT2D eigenvalue weighted by molar-refractivity contribution is 6.00. The van der Waals surface area contributed by atoms with E-state index in [9.17, 15) is 9.59 Å². The predicted octanol–water partition coefficient (Wildman–Crippen LogP) is 3.16. The largest absolute Gasteiger partial charge is 0.497 e. The van der Waals surface area contributed by atoms with Gasteiger partial charge in [-0.25, -0.2) is 0 Å². The SMILES string of the molecule is COc1ccc(C(=O)C(C)N2CCN(C(C)C(=O)c3ccc(OC)cc3)CC2)cc1. The first-order chi connectivity index (χ1) is 14.4. The van der Waals surface area contributed by atoms with Crippen molar-refractivity contribution in [2.24, 2.45) is 0 Å². The molecule has 1 saturated heterocycles. The van der Waals surface area contributed by atoms with E-state index in [-0.39, 0.29) is 23.7 Å².